The lowest BCUT2D eigenvalue weighted by Gasteiger charge is -2.25. The van der Waals surface area contributed by atoms with Crippen LogP contribution in [0.1, 0.15) is 52.9 Å². The van der Waals surface area contributed by atoms with E-state index in [9.17, 15) is 9.59 Å². The number of para-hydroxylation sites is 1. The first-order valence-corrected chi connectivity index (χ1v) is 11.9. The summed E-state index contributed by atoms with van der Waals surface area (Å²) in [6, 6.07) is 26.1. The Bertz CT molecular complexity index is 1310. The lowest BCUT2D eigenvalue weighted by molar-refractivity contribution is -0.121. The van der Waals surface area contributed by atoms with E-state index < -0.39 is 0 Å². The summed E-state index contributed by atoms with van der Waals surface area (Å²) in [5, 5.41) is 4.20. The van der Waals surface area contributed by atoms with E-state index in [-0.39, 0.29) is 30.3 Å². The van der Waals surface area contributed by atoms with E-state index in [0.29, 0.717) is 6.54 Å². The van der Waals surface area contributed by atoms with Gasteiger partial charge in [0.05, 0.1) is 6.04 Å². The fourth-order valence-electron chi connectivity index (χ4n) is 4.93. The second kappa shape index (κ2) is 9.56. The zero-order valence-electron chi connectivity index (χ0n) is 19.3. The van der Waals surface area contributed by atoms with Crippen LogP contribution in [0.5, 0.6) is 0 Å². The molecule has 2 heterocycles. The topological polar surface area (TPSA) is 65.2 Å². The van der Waals surface area contributed by atoms with Crippen LogP contribution in [0.15, 0.2) is 85.1 Å². The highest BCUT2D eigenvalue weighted by molar-refractivity contribution is 6.01. The van der Waals surface area contributed by atoms with Crippen LogP contribution >= 0.6 is 0 Å². The van der Waals surface area contributed by atoms with Crippen LogP contribution in [-0.2, 0) is 11.2 Å². The maximum Gasteiger partial charge on any atom is 0.255 e. The van der Waals surface area contributed by atoms with Gasteiger partial charge in [0.25, 0.3) is 5.91 Å². The molecule has 0 bridgehead atoms. The largest absolute Gasteiger partial charge is 0.361 e. The zero-order chi connectivity index (χ0) is 23.5. The summed E-state index contributed by atoms with van der Waals surface area (Å²) in [7, 11) is 0. The normalized spacial score (nSPS) is 16.0. The first-order valence-electron chi connectivity index (χ1n) is 11.9. The molecule has 2 N–H and O–H groups in total. The number of aromatic amines is 1. The van der Waals surface area contributed by atoms with Crippen molar-refractivity contribution in [3.8, 4) is 0 Å². The summed E-state index contributed by atoms with van der Waals surface area (Å²) in [5.74, 6) is -0.0437. The Balaban J connectivity index is 1.28. The molecular formula is C29H29N3O2. The van der Waals surface area contributed by atoms with Gasteiger partial charge in [-0.25, -0.2) is 0 Å². The van der Waals surface area contributed by atoms with Gasteiger partial charge in [0, 0.05) is 47.2 Å². The van der Waals surface area contributed by atoms with E-state index in [1.807, 2.05) is 78.7 Å². The first-order chi connectivity index (χ1) is 16.6. The van der Waals surface area contributed by atoms with Gasteiger partial charge >= 0.3 is 0 Å². The first kappa shape index (κ1) is 22.0. The number of aryl methyl sites for hydroxylation is 1. The molecule has 0 saturated heterocycles. The molecule has 0 aliphatic carbocycles. The van der Waals surface area contributed by atoms with Crippen LogP contribution in [0.4, 0.5) is 0 Å². The van der Waals surface area contributed by atoms with E-state index in [4.69, 9.17) is 0 Å². The van der Waals surface area contributed by atoms with Crippen molar-refractivity contribution in [3.63, 3.8) is 0 Å². The molecule has 5 heteroatoms. The fraction of sp³-hybridized carbons (Fsp3) is 0.241. The summed E-state index contributed by atoms with van der Waals surface area (Å²) < 4.78 is 0. The average Bonchev–Trinajstić information content (AvgIpc) is 3.41. The quantitative estimate of drug-likeness (QED) is 0.385. The van der Waals surface area contributed by atoms with Crippen LogP contribution in [-0.4, -0.2) is 34.3 Å². The van der Waals surface area contributed by atoms with Crippen molar-refractivity contribution in [2.75, 3.05) is 6.54 Å². The van der Waals surface area contributed by atoms with Gasteiger partial charge in [0.1, 0.15) is 0 Å². The predicted molar refractivity (Wildman–Crippen MR) is 135 cm³/mol. The lowest BCUT2D eigenvalue weighted by atomic mass is 9.97. The van der Waals surface area contributed by atoms with E-state index in [2.05, 4.69) is 28.5 Å². The van der Waals surface area contributed by atoms with Crippen molar-refractivity contribution in [2.24, 2.45) is 0 Å². The summed E-state index contributed by atoms with van der Waals surface area (Å²) in [5.41, 5.74) is 5.08. The number of nitrogens with zero attached hydrogens (tertiary/aromatic N) is 1. The number of rotatable bonds is 8. The maximum absolute atomic E-state index is 13.3. The fourth-order valence-corrected chi connectivity index (χ4v) is 4.93. The van der Waals surface area contributed by atoms with Gasteiger partial charge in [-0.2, -0.15) is 0 Å². The Morgan fingerprint density at radius 3 is 2.56 bits per heavy atom. The number of aromatic nitrogens is 1. The predicted octanol–water partition coefficient (Wildman–Crippen LogP) is 5.24. The summed E-state index contributed by atoms with van der Waals surface area (Å²) in [6.45, 7) is 2.40. The molecule has 1 aromatic heterocycles. The SMILES string of the molecule is C[C@H](CCc1ccccc1)NC(=O)CCN1C(=O)c2ccccc2[C@@H]1c1c[nH]c2ccccc12. The molecule has 0 radical (unpaired) electrons. The zero-order valence-corrected chi connectivity index (χ0v) is 19.3. The molecule has 0 fully saturated rings. The highest BCUT2D eigenvalue weighted by atomic mass is 16.2. The van der Waals surface area contributed by atoms with Gasteiger partial charge in [-0.15, -0.1) is 0 Å². The van der Waals surface area contributed by atoms with Crippen molar-refractivity contribution in [1.82, 2.24) is 15.2 Å². The number of amides is 2. The second-order valence-corrected chi connectivity index (χ2v) is 9.02. The van der Waals surface area contributed by atoms with Gasteiger partial charge < -0.3 is 15.2 Å². The molecule has 5 nitrogen and oxygen atoms in total. The van der Waals surface area contributed by atoms with Gasteiger partial charge in [0.2, 0.25) is 5.91 Å². The maximum atomic E-state index is 13.3. The van der Waals surface area contributed by atoms with Gasteiger partial charge in [0.15, 0.2) is 0 Å². The van der Waals surface area contributed by atoms with Crippen molar-refractivity contribution in [3.05, 3.63) is 107 Å². The van der Waals surface area contributed by atoms with Crippen LogP contribution in [0.2, 0.25) is 0 Å². The summed E-state index contributed by atoms with van der Waals surface area (Å²) in [6.07, 6.45) is 4.06. The van der Waals surface area contributed by atoms with E-state index in [0.717, 1.165) is 40.4 Å². The van der Waals surface area contributed by atoms with Crippen molar-refractivity contribution in [1.29, 1.82) is 0 Å². The molecular weight excluding hydrogens is 422 g/mol. The standard InChI is InChI=1S/C29H29N3O2/c1-20(15-16-21-9-3-2-4-10-21)31-27(33)17-18-32-28(23-12-5-6-13-24(23)29(32)34)25-19-30-26-14-8-7-11-22(25)26/h2-14,19-20,28,30H,15-18H2,1H3,(H,31,33)/t20-,28-/m1/s1. The molecule has 2 amide bonds. The molecule has 0 spiro atoms. The summed E-state index contributed by atoms with van der Waals surface area (Å²) >= 11 is 0. The number of hydrogen-bond acceptors (Lipinski definition) is 2. The highest BCUT2D eigenvalue weighted by Crippen LogP contribution is 2.41. The molecule has 3 aromatic carbocycles. The Morgan fingerprint density at radius 1 is 0.971 bits per heavy atom. The smallest absolute Gasteiger partial charge is 0.255 e. The van der Waals surface area contributed by atoms with E-state index >= 15 is 0 Å². The molecule has 1 aliphatic heterocycles. The Kier molecular flexibility index (Phi) is 6.17. The molecule has 0 unspecified atom stereocenters. The minimum atomic E-state index is -0.205. The van der Waals surface area contributed by atoms with Crippen LogP contribution in [0.3, 0.4) is 0 Å². The van der Waals surface area contributed by atoms with E-state index in [1.54, 1.807) is 0 Å². The van der Waals surface area contributed by atoms with Crippen molar-refractivity contribution >= 4 is 22.7 Å². The number of benzene rings is 3. The Morgan fingerprint density at radius 2 is 1.71 bits per heavy atom. The van der Waals surface area contributed by atoms with Crippen LogP contribution in [0, 0.1) is 0 Å². The third-order valence-corrected chi connectivity index (χ3v) is 6.67. The molecule has 0 saturated carbocycles. The monoisotopic (exact) mass is 451 g/mol. The Hall–Kier alpha value is -3.86. The number of fused-ring (bicyclic) bond motifs is 2. The molecule has 34 heavy (non-hydrogen) atoms. The highest BCUT2D eigenvalue weighted by Gasteiger charge is 2.38. The van der Waals surface area contributed by atoms with Gasteiger partial charge in [-0.1, -0.05) is 66.7 Å². The third-order valence-electron chi connectivity index (χ3n) is 6.67. The molecule has 5 rings (SSSR count). The Labute approximate surface area is 199 Å². The van der Waals surface area contributed by atoms with Gasteiger partial charge in [-0.05, 0) is 43.0 Å². The van der Waals surface area contributed by atoms with Crippen molar-refractivity contribution < 1.29 is 9.59 Å². The van der Waals surface area contributed by atoms with Crippen LogP contribution < -0.4 is 5.32 Å². The molecule has 4 aromatic rings. The lowest BCUT2D eigenvalue weighted by Crippen LogP contribution is -2.37. The minimum absolute atomic E-state index is 0.0178. The molecule has 2 atom stereocenters. The van der Waals surface area contributed by atoms with E-state index in [1.165, 1.54) is 5.56 Å². The molecule has 172 valence electrons. The minimum Gasteiger partial charge on any atom is -0.361 e. The number of nitrogens with one attached hydrogen (secondary N) is 2. The third kappa shape index (κ3) is 4.34. The average molecular weight is 452 g/mol. The second-order valence-electron chi connectivity index (χ2n) is 9.02. The number of hydrogen-bond donors (Lipinski definition) is 2. The summed E-state index contributed by atoms with van der Waals surface area (Å²) in [4.78, 5) is 31.2. The number of carbonyl (C=O) groups excluding carboxylic acids is 2. The van der Waals surface area contributed by atoms with Crippen molar-refractivity contribution in [2.45, 2.75) is 38.3 Å². The number of H-pyrrole nitrogens is 1. The van der Waals surface area contributed by atoms with Crippen LogP contribution in [0.25, 0.3) is 10.9 Å². The molecule has 1 aliphatic rings. The number of carbonyl (C=O) groups is 2. The van der Waals surface area contributed by atoms with Gasteiger partial charge in [-0.3, -0.25) is 9.59 Å².